The topological polar surface area (TPSA) is 85.8 Å². The van der Waals surface area contributed by atoms with E-state index < -0.39 is 5.56 Å². The van der Waals surface area contributed by atoms with Gasteiger partial charge in [-0.1, -0.05) is 12.1 Å². The lowest BCUT2D eigenvalue weighted by molar-refractivity contribution is 0.835. The first-order valence-electron chi connectivity index (χ1n) is 4.70. The molecule has 1 heterocycles. The molecule has 0 radical (unpaired) electrons. The molecule has 1 aromatic heterocycles. The maximum Gasteiger partial charge on any atom is 0.292 e. The molecule has 0 aliphatic heterocycles. The van der Waals surface area contributed by atoms with Gasteiger partial charge in [-0.2, -0.15) is 4.68 Å². The normalized spacial score (nSPS) is 10.1. The average Bonchev–Trinajstić information content (AvgIpc) is 2.25. The number of nitrogen functional groups attached to an aromatic ring is 1. The molecule has 0 saturated carbocycles. The highest BCUT2D eigenvalue weighted by atomic mass is 16.1. The summed E-state index contributed by atoms with van der Waals surface area (Å²) in [5.41, 5.74) is 1.49. The second-order valence-electron chi connectivity index (χ2n) is 3.37. The van der Waals surface area contributed by atoms with Crippen molar-refractivity contribution in [3.05, 3.63) is 46.4 Å². The molecule has 2 rings (SSSR count). The molecule has 0 aliphatic carbocycles. The van der Waals surface area contributed by atoms with Gasteiger partial charge in [-0.25, -0.2) is 0 Å². The monoisotopic (exact) mass is 217 g/mol. The SMILES string of the molecule is Cc1cccc(Nc2nncc(=O)n2N)c1. The summed E-state index contributed by atoms with van der Waals surface area (Å²) in [4.78, 5) is 11.2. The van der Waals surface area contributed by atoms with Crippen LogP contribution in [0.1, 0.15) is 5.56 Å². The highest BCUT2D eigenvalue weighted by Crippen LogP contribution is 2.13. The highest BCUT2D eigenvalue weighted by molar-refractivity contribution is 5.54. The Hall–Kier alpha value is -2.37. The molecule has 6 nitrogen and oxygen atoms in total. The first-order valence-corrected chi connectivity index (χ1v) is 4.70. The summed E-state index contributed by atoms with van der Waals surface area (Å²) in [6, 6.07) is 7.63. The first kappa shape index (κ1) is 10.2. The van der Waals surface area contributed by atoms with Crippen LogP contribution in [0.25, 0.3) is 0 Å². The van der Waals surface area contributed by atoms with Crippen LogP contribution < -0.4 is 16.7 Å². The molecule has 0 atom stereocenters. The van der Waals surface area contributed by atoms with Crippen LogP contribution in [0.4, 0.5) is 11.6 Å². The van der Waals surface area contributed by atoms with E-state index in [0.29, 0.717) is 0 Å². The fraction of sp³-hybridized carbons (Fsp3) is 0.100. The zero-order valence-electron chi connectivity index (χ0n) is 8.71. The number of nitrogens with one attached hydrogen (secondary N) is 1. The highest BCUT2D eigenvalue weighted by Gasteiger charge is 2.02. The minimum absolute atomic E-state index is 0.207. The largest absolute Gasteiger partial charge is 0.333 e. The van der Waals surface area contributed by atoms with Crippen LogP contribution in [0.15, 0.2) is 35.3 Å². The van der Waals surface area contributed by atoms with Crippen molar-refractivity contribution in [2.24, 2.45) is 0 Å². The van der Waals surface area contributed by atoms with E-state index in [0.717, 1.165) is 22.1 Å². The molecule has 0 saturated heterocycles. The van der Waals surface area contributed by atoms with Gasteiger partial charge in [-0.15, -0.1) is 10.2 Å². The molecule has 0 bridgehead atoms. The Bertz CT molecular complexity index is 563. The molecular formula is C10H11N5O. The summed E-state index contributed by atoms with van der Waals surface area (Å²) >= 11 is 0. The third-order valence-electron chi connectivity index (χ3n) is 2.06. The van der Waals surface area contributed by atoms with Crippen LogP contribution in [-0.4, -0.2) is 14.9 Å². The van der Waals surface area contributed by atoms with Crippen molar-refractivity contribution in [2.45, 2.75) is 6.92 Å². The van der Waals surface area contributed by atoms with Crippen LogP contribution in [0, 0.1) is 6.92 Å². The van der Waals surface area contributed by atoms with Crippen LogP contribution >= 0.6 is 0 Å². The molecule has 0 amide bonds. The molecule has 6 heteroatoms. The van der Waals surface area contributed by atoms with Gasteiger partial charge in [0, 0.05) is 5.69 Å². The van der Waals surface area contributed by atoms with Crippen molar-refractivity contribution in [2.75, 3.05) is 11.2 Å². The number of nitrogens with two attached hydrogens (primary N) is 1. The van der Waals surface area contributed by atoms with E-state index in [-0.39, 0.29) is 5.95 Å². The van der Waals surface area contributed by atoms with Gasteiger partial charge in [0.1, 0.15) is 6.20 Å². The number of hydrogen-bond donors (Lipinski definition) is 2. The molecule has 16 heavy (non-hydrogen) atoms. The summed E-state index contributed by atoms with van der Waals surface area (Å²) in [6.07, 6.45) is 1.06. The van der Waals surface area contributed by atoms with Gasteiger partial charge in [0.15, 0.2) is 0 Å². The lowest BCUT2D eigenvalue weighted by Gasteiger charge is -2.08. The molecule has 2 aromatic rings. The van der Waals surface area contributed by atoms with Crippen molar-refractivity contribution >= 4 is 11.6 Å². The maximum atomic E-state index is 11.2. The van der Waals surface area contributed by atoms with E-state index in [9.17, 15) is 4.79 Å². The van der Waals surface area contributed by atoms with Gasteiger partial charge in [-0.3, -0.25) is 4.79 Å². The Morgan fingerprint density at radius 1 is 1.44 bits per heavy atom. The van der Waals surface area contributed by atoms with Gasteiger partial charge in [0.2, 0.25) is 5.95 Å². The van der Waals surface area contributed by atoms with Gasteiger partial charge in [0.25, 0.3) is 5.56 Å². The zero-order valence-corrected chi connectivity index (χ0v) is 8.71. The van der Waals surface area contributed by atoms with Crippen molar-refractivity contribution in [1.29, 1.82) is 0 Å². The Kier molecular flexibility index (Phi) is 2.55. The predicted octanol–water partition coefficient (Wildman–Crippen LogP) is 0.404. The molecule has 3 N–H and O–H groups in total. The molecule has 82 valence electrons. The number of rotatable bonds is 2. The standard InChI is InChI=1S/C10H11N5O/c1-7-3-2-4-8(5-7)13-10-14-12-6-9(16)15(10)11/h2-6H,11H2,1H3,(H,13,14). The number of anilines is 2. The number of hydrogen-bond acceptors (Lipinski definition) is 5. The summed E-state index contributed by atoms with van der Waals surface area (Å²) in [7, 11) is 0. The molecule has 0 unspecified atom stereocenters. The van der Waals surface area contributed by atoms with Gasteiger partial charge >= 0.3 is 0 Å². The third-order valence-corrected chi connectivity index (χ3v) is 2.06. The third kappa shape index (κ3) is 2.00. The minimum atomic E-state index is -0.412. The van der Waals surface area contributed by atoms with Crippen LogP contribution in [0.5, 0.6) is 0 Å². The second-order valence-corrected chi connectivity index (χ2v) is 3.37. The summed E-state index contributed by atoms with van der Waals surface area (Å²) in [6.45, 7) is 1.97. The predicted molar refractivity (Wildman–Crippen MR) is 60.9 cm³/mol. The molecule has 0 aliphatic rings. The fourth-order valence-electron chi connectivity index (χ4n) is 1.28. The number of aromatic nitrogens is 3. The zero-order chi connectivity index (χ0) is 11.5. The van der Waals surface area contributed by atoms with Gasteiger partial charge < -0.3 is 11.2 Å². The Labute approximate surface area is 91.7 Å². The molecular weight excluding hydrogens is 206 g/mol. The van der Waals surface area contributed by atoms with Crippen molar-refractivity contribution in [3.63, 3.8) is 0 Å². The summed E-state index contributed by atoms with van der Waals surface area (Å²) in [5.74, 6) is 5.71. The summed E-state index contributed by atoms with van der Waals surface area (Å²) < 4.78 is 0.912. The number of aryl methyl sites for hydroxylation is 1. The minimum Gasteiger partial charge on any atom is -0.333 e. The van der Waals surface area contributed by atoms with Crippen LogP contribution in [0.2, 0.25) is 0 Å². The Morgan fingerprint density at radius 2 is 2.25 bits per heavy atom. The van der Waals surface area contributed by atoms with E-state index in [1.807, 2.05) is 31.2 Å². The lowest BCUT2D eigenvalue weighted by atomic mass is 10.2. The van der Waals surface area contributed by atoms with E-state index in [2.05, 4.69) is 15.5 Å². The quantitative estimate of drug-likeness (QED) is 0.711. The lowest BCUT2D eigenvalue weighted by Crippen LogP contribution is -2.30. The van der Waals surface area contributed by atoms with Gasteiger partial charge in [-0.05, 0) is 24.6 Å². The summed E-state index contributed by atoms with van der Waals surface area (Å²) in [5, 5.41) is 10.2. The van der Waals surface area contributed by atoms with E-state index in [1.165, 1.54) is 0 Å². The molecule has 0 fully saturated rings. The maximum absolute atomic E-state index is 11.2. The van der Waals surface area contributed by atoms with E-state index in [1.54, 1.807) is 0 Å². The fourth-order valence-corrected chi connectivity index (χ4v) is 1.28. The Balaban J connectivity index is 2.34. The molecule has 0 spiro atoms. The van der Waals surface area contributed by atoms with Crippen LogP contribution in [-0.2, 0) is 0 Å². The number of benzene rings is 1. The first-order chi connectivity index (χ1) is 7.66. The van der Waals surface area contributed by atoms with Crippen LogP contribution in [0.3, 0.4) is 0 Å². The second kappa shape index (κ2) is 4.01. The smallest absolute Gasteiger partial charge is 0.292 e. The average molecular weight is 217 g/mol. The number of nitrogens with zero attached hydrogens (tertiary/aromatic N) is 3. The van der Waals surface area contributed by atoms with E-state index in [4.69, 9.17) is 5.84 Å². The van der Waals surface area contributed by atoms with E-state index >= 15 is 0 Å². The molecule has 1 aromatic carbocycles. The Morgan fingerprint density at radius 3 is 3.00 bits per heavy atom. The van der Waals surface area contributed by atoms with Crippen molar-refractivity contribution in [3.8, 4) is 0 Å². The van der Waals surface area contributed by atoms with Gasteiger partial charge in [0.05, 0.1) is 0 Å². The van der Waals surface area contributed by atoms with Crippen molar-refractivity contribution < 1.29 is 0 Å². The van der Waals surface area contributed by atoms with Crippen molar-refractivity contribution in [1.82, 2.24) is 14.9 Å².